The fourth-order valence-electron chi connectivity index (χ4n) is 13.4. The van der Waals surface area contributed by atoms with E-state index in [0.29, 0.717) is 16.6 Å². The molecule has 0 heterocycles. The smallest absolute Gasteiger partial charge is 0.171 e. The van der Waals surface area contributed by atoms with Crippen LogP contribution in [-0.4, -0.2) is 49.7 Å². The van der Waals surface area contributed by atoms with Crippen molar-refractivity contribution >= 4 is 93.9 Å². The van der Waals surface area contributed by atoms with Gasteiger partial charge in [-0.2, -0.15) is 11.1 Å². The van der Waals surface area contributed by atoms with Crippen molar-refractivity contribution in [1.82, 2.24) is 0 Å². The van der Waals surface area contributed by atoms with E-state index in [0.717, 1.165) is 33.7 Å². The summed E-state index contributed by atoms with van der Waals surface area (Å²) in [5.74, 6) is 3.19. The van der Waals surface area contributed by atoms with Gasteiger partial charge >= 0.3 is 37.7 Å². The summed E-state index contributed by atoms with van der Waals surface area (Å²) < 4.78 is 1.25. The first kappa shape index (κ1) is 64.0. The molecule has 68 heavy (non-hydrogen) atoms. The van der Waals surface area contributed by atoms with Gasteiger partial charge in [0.25, 0.3) is 0 Å². The molecule has 0 saturated heterocycles. The minimum Gasteiger partial charge on any atom is -0.171 e. The molecule has 1 aromatic rings. The maximum Gasteiger partial charge on any atom is 1.00 e. The SMILES string of the molecule is CCCCC1=CC([Si](C)(C)[Si](C)(C)C2C=Cc3c(Br)cccc32)C=C1.CCCCC1=CC([Si](C)(C)[Si](C)(C)Cl)C=C1.CCCCC1CCC([Si](C)(C)[Si](C)(C)C2CCC3C(Br)CCCC32)C1.[Li+].[Li+]. The molecule has 3 fully saturated rings. The molecule has 1 aromatic carbocycles. The molecule has 0 radical (unpaired) electrons. The van der Waals surface area contributed by atoms with Crippen LogP contribution in [0.1, 0.15) is 147 Å². The van der Waals surface area contributed by atoms with Crippen LogP contribution in [0.15, 0.2) is 76.4 Å². The molecule has 6 aliphatic carbocycles. The Balaban J connectivity index is 0.000000274. The number of alkyl halides is 1. The average molecular weight is 1160 g/mol. The second-order valence-electron chi connectivity index (χ2n) is 25.6. The van der Waals surface area contributed by atoms with Gasteiger partial charge in [-0.15, -0.1) is 0 Å². The van der Waals surface area contributed by atoms with Crippen LogP contribution in [0.5, 0.6) is 0 Å². The van der Waals surface area contributed by atoms with Crippen molar-refractivity contribution in [3.8, 4) is 0 Å². The van der Waals surface area contributed by atoms with Crippen LogP contribution in [0, 0.1) is 17.8 Å². The van der Waals surface area contributed by atoms with E-state index in [1.54, 1.807) is 48.8 Å². The standard InChI is InChI=1S/C22H43BrSi2.C22H31BrSi2.C13H25ClSi2.2Li/c2*1-6-7-9-17-12-13-18(16-17)24(2,3)25(4,5)22-15-14-19-20(22)10-8-11-21(19)23;1-6-7-8-12-9-10-13(11-12)15(2,3)16(4,5)14;;/h17-22H,6-16H2,1-5H3;8,10-16,18,22H,6-7,9H2,1-5H3;9-11,13H,6-8H2,1-5H3;;/q;;;2*+1. The van der Waals surface area contributed by atoms with E-state index in [1.165, 1.54) is 87.1 Å². The molecule has 3 saturated carbocycles. The van der Waals surface area contributed by atoms with Gasteiger partial charge in [-0.25, -0.2) is 0 Å². The van der Waals surface area contributed by atoms with Gasteiger partial charge in [-0.1, -0.05) is 274 Å². The monoisotopic (exact) mass is 1160 g/mol. The van der Waals surface area contributed by atoms with Crippen LogP contribution < -0.4 is 37.7 Å². The molecule has 6 aliphatic rings. The van der Waals surface area contributed by atoms with Crippen molar-refractivity contribution in [3.63, 3.8) is 0 Å². The Labute approximate surface area is 473 Å². The number of benzene rings is 1. The second-order valence-corrected chi connectivity index (χ2v) is 78.2. The minimum atomic E-state index is -1.50. The average Bonchev–Trinajstić information content (AvgIpc) is 4.11. The molecule has 0 aromatic heterocycles. The molecule has 0 bridgehead atoms. The van der Waals surface area contributed by atoms with Crippen LogP contribution in [-0.2, 0) is 0 Å². The third-order valence-corrected chi connectivity index (χ3v) is 82.0. The molecule has 372 valence electrons. The van der Waals surface area contributed by atoms with Crippen molar-refractivity contribution in [2.75, 3.05) is 0 Å². The van der Waals surface area contributed by atoms with Crippen LogP contribution in [0.4, 0.5) is 0 Å². The topological polar surface area (TPSA) is 0 Å². The zero-order valence-corrected chi connectivity index (χ0v) is 57.1. The first-order valence-electron chi connectivity index (χ1n) is 27.4. The van der Waals surface area contributed by atoms with Gasteiger partial charge in [0.05, 0.1) is 22.8 Å². The summed E-state index contributed by atoms with van der Waals surface area (Å²) >= 11 is 14.5. The fourth-order valence-corrected chi connectivity index (χ4v) is 45.8. The molecule has 7 rings (SSSR count). The molecule has 9 atom stereocenters. The first-order chi connectivity index (χ1) is 30.9. The van der Waals surface area contributed by atoms with Crippen LogP contribution in [0.3, 0.4) is 0 Å². The van der Waals surface area contributed by atoms with Crippen LogP contribution in [0.25, 0.3) is 6.08 Å². The number of hydrogen-bond donors (Lipinski definition) is 0. The Morgan fingerprint density at radius 1 is 0.588 bits per heavy atom. The predicted octanol–water partition coefficient (Wildman–Crippen LogP) is 15.1. The molecule has 0 aliphatic heterocycles. The summed E-state index contributed by atoms with van der Waals surface area (Å²) in [5.41, 5.74) is 10.5. The predicted molar refractivity (Wildman–Crippen MR) is 325 cm³/mol. The Morgan fingerprint density at radius 2 is 1.16 bits per heavy atom. The van der Waals surface area contributed by atoms with Gasteiger partial charge in [0.2, 0.25) is 0 Å². The molecule has 11 heteroatoms. The number of hydrogen-bond acceptors (Lipinski definition) is 0. The summed E-state index contributed by atoms with van der Waals surface area (Å²) in [6, 6.07) is 6.74. The van der Waals surface area contributed by atoms with Crippen molar-refractivity contribution in [2.45, 2.75) is 241 Å². The van der Waals surface area contributed by atoms with Gasteiger partial charge in [-0.3, -0.25) is 0 Å². The number of rotatable bonds is 17. The maximum atomic E-state index is 6.69. The largest absolute Gasteiger partial charge is 1.00 e. The van der Waals surface area contributed by atoms with E-state index < -0.39 is 44.9 Å². The minimum absolute atomic E-state index is 0. The first-order valence-corrected chi connectivity index (χ1v) is 51.5. The molecule has 0 amide bonds. The zero-order chi connectivity index (χ0) is 48.9. The van der Waals surface area contributed by atoms with E-state index in [-0.39, 0.29) is 37.7 Å². The quantitative estimate of drug-likeness (QED) is 0.0828. The summed E-state index contributed by atoms with van der Waals surface area (Å²) in [6.45, 7) is 36.9. The Morgan fingerprint density at radius 3 is 1.72 bits per heavy atom. The van der Waals surface area contributed by atoms with Crippen LogP contribution >= 0.6 is 42.9 Å². The van der Waals surface area contributed by atoms with Crippen molar-refractivity contribution in [3.05, 3.63) is 87.5 Å². The zero-order valence-electron chi connectivity index (χ0n) is 47.2. The van der Waals surface area contributed by atoms with Crippen molar-refractivity contribution < 1.29 is 37.7 Å². The second kappa shape index (κ2) is 27.1. The van der Waals surface area contributed by atoms with Crippen LogP contribution in [0.2, 0.25) is 101 Å². The molecule has 0 spiro atoms. The molecule has 0 N–H and O–H groups in total. The third-order valence-electron chi connectivity index (χ3n) is 20.4. The molecular weight excluding hydrogens is 1060 g/mol. The van der Waals surface area contributed by atoms with Crippen molar-refractivity contribution in [1.29, 1.82) is 0 Å². The normalized spacial score (nSPS) is 27.8. The number of allylic oxidation sites excluding steroid dienone is 9. The van der Waals surface area contributed by atoms with Crippen molar-refractivity contribution in [2.24, 2.45) is 17.8 Å². The van der Waals surface area contributed by atoms with E-state index in [4.69, 9.17) is 11.1 Å². The molecule has 0 nitrogen and oxygen atoms in total. The number of unbranched alkanes of at least 4 members (excludes halogenated alkanes) is 3. The van der Waals surface area contributed by atoms with E-state index in [9.17, 15) is 0 Å². The van der Waals surface area contributed by atoms with Gasteiger partial charge < -0.3 is 0 Å². The maximum absolute atomic E-state index is 6.69. The number of fused-ring (bicyclic) bond motifs is 2. The third kappa shape index (κ3) is 14.6. The summed E-state index contributed by atoms with van der Waals surface area (Å²) in [4.78, 5) is 0.843. The fraction of sp³-hybridized carbons (Fsp3) is 0.719. The van der Waals surface area contributed by atoms with Gasteiger partial charge in [0, 0.05) is 24.5 Å². The Kier molecular flexibility index (Phi) is 25.5. The summed E-state index contributed by atoms with van der Waals surface area (Å²) in [7, 11) is -6.46. The van der Waals surface area contributed by atoms with Gasteiger partial charge in [0.1, 0.15) is 6.90 Å². The van der Waals surface area contributed by atoms with Gasteiger partial charge in [-0.05, 0) is 101 Å². The Hall–Kier alpha value is 1.67. The summed E-state index contributed by atoms with van der Waals surface area (Å²) in [5, 5.41) is 0. The molecular formula is C57H99Br2ClLi2Si6+2. The van der Waals surface area contributed by atoms with Gasteiger partial charge in [0.15, 0.2) is 0 Å². The van der Waals surface area contributed by atoms with E-state index >= 15 is 0 Å². The van der Waals surface area contributed by atoms with E-state index in [1.807, 2.05) is 0 Å². The van der Waals surface area contributed by atoms with E-state index in [2.05, 4.69) is 198 Å². The Bertz CT molecular complexity index is 1910. The molecule has 9 unspecified atom stereocenters. The number of halogens is 3. The summed E-state index contributed by atoms with van der Waals surface area (Å²) in [6.07, 6.45) is 44.2.